The lowest BCUT2D eigenvalue weighted by Gasteiger charge is -2.29. The van der Waals surface area contributed by atoms with Gasteiger partial charge in [-0.25, -0.2) is 0 Å². The minimum absolute atomic E-state index is 0.0431. The van der Waals surface area contributed by atoms with E-state index in [1.807, 2.05) is 30.3 Å². The summed E-state index contributed by atoms with van der Waals surface area (Å²) >= 11 is 1.30. The van der Waals surface area contributed by atoms with Crippen LogP contribution in [0.5, 0.6) is 0 Å². The molecular weight excluding hydrogens is 322 g/mol. The molecule has 5 nitrogen and oxygen atoms in total. The highest BCUT2D eigenvalue weighted by atomic mass is 32.2. The van der Waals surface area contributed by atoms with Crippen LogP contribution in [0.25, 0.3) is 0 Å². The Morgan fingerprint density at radius 3 is 2.83 bits per heavy atom. The SMILES string of the molecule is CC1CCCCC1NC(=O)CSc1nnc(Cc2ccccc2)o1. The minimum atomic E-state index is 0.0431. The number of benzene rings is 1. The van der Waals surface area contributed by atoms with Crippen molar-refractivity contribution in [1.29, 1.82) is 0 Å². The van der Waals surface area contributed by atoms with Gasteiger partial charge in [0.05, 0.1) is 12.2 Å². The molecule has 2 unspecified atom stereocenters. The largest absolute Gasteiger partial charge is 0.416 e. The van der Waals surface area contributed by atoms with Crippen molar-refractivity contribution >= 4 is 17.7 Å². The fraction of sp³-hybridized carbons (Fsp3) is 0.500. The molecule has 1 fully saturated rings. The molecule has 1 saturated carbocycles. The molecule has 0 spiro atoms. The van der Waals surface area contributed by atoms with Crippen molar-refractivity contribution in [1.82, 2.24) is 15.5 Å². The molecule has 0 bridgehead atoms. The Bertz CT molecular complexity index is 659. The van der Waals surface area contributed by atoms with Crippen LogP contribution in [0.2, 0.25) is 0 Å². The second-order valence-corrected chi connectivity index (χ2v) is 7.28. The van der Waals surface area contributed by atoms with Crippen LogP contribution in [-0.2, 0) is 11.2 Å². The van der Waals surface area contributed by atoms with Gasteiger partial charge >= 0.3 is 0 Å². The summed E-state index contributed by atoms with van der Waals surface area (Å²) in [5.41, 5.74) is 1.13. The fourth-order valence-corrected chi connectivity index (χ4v) is 3.64. The van der Waals surface area contributed by atoms with Crippen molar-refractivity contribution in [2.45, 2.75) is 50.3 Å². The molecule has 24 heavy (non-hydrogen) atoms. The summed E-state index contributed by atoms with van der Waals surface area (Å²) in [5, 5.41) is 11.6. The van der Waals surface area contributed by atoms with E-state index >= 15 is 0 Å². The highest BCUT2D eigenvalue weighted by molar-refractivity contribution is 7.99. The zero-order valence-electron chi connectivity index (χ0n) is 13.9. The van der Waals surface area contributed by atoms with Crippen molar-refractivity contribution in [2.24, 2.45) is 5.92 Å². The maximum absolute atomic E-state index is 12.1. The van der Waals surface area contributed by atoms with E-state index in [4.69, 9.17) is 4.42 Å². The topological polar surface area (TPSA) is 68.0 Å². The lowest BCUT2D eigenvalue weighted by atomic mass is 9.86. The summed E-state index contributed by atoms with van der Waals surface area (Å²) in [6.07, 6.45) is 5.37. The van der Waals surface area contributed by atoms with Crippen molar-refractivity contribution in [3.05, 3.63) is 41.8 Å². The van der Waals surface area contributed by atoms with Gasteiger partial charge in [0.15, 0.2) is 0 Å². The summed E-state index contributed by atoms with van der Waals surface area (Å²) < 4.78 is 5.61. The average molecular weight is 345 g/mol. The number of amides is 1. The van der Waals surface area contributed by atoms with Crippen LogP contribution in [0, 0.1) is 5.92 Å². The first-order valence-corrected chi connectivity index (χ1v) is 9.48. The van der Waals surface area contributed by atoms with Crippen molar-refractivity contribution in [3.63, 3.8) is 0 Å². The molecule has 1 aliphatic rings. The Hall–Kier alpha value is -1.82. The van der Waals surface area contributed by atoms with Crippen molar-refractivity contribution < 1.29 is 9.21 Å². The smallest absolute Gasteiger partial charge is 0.277 e. The molecule has 1 amide bonds. The lowest BCUT2D eigenvalue weighted by Crippen LogP contribution is -2.41. The summed E-state index contributed by atoms with van der Waals surface area (Å²) in [6, 6.07) is 10.3. The number of thioether (sulfide) groups is 1. The quantitative estimate of drug-likeness (QED) is 0.812. The predicted octanol–water partition coefficient (Wildman–Crippen LogP) is 3.45. The molecule has 0 saturated heterocycles. The molecule has 3 rings (SSSR count). The first kappa shape index (κ1) is 17.0. The second-order valence-electron chi connectivity index (χ2n) is 6.35. The van der Waals surface area contributed by atoms with E-state index in [2.05, 4.69) is 22.4 Å². The molecule has 2 aromatic rings. The summed E-state index contributed by atoms with van der Waals surface area (Å²) in [6.45, 7) is 2.21. The molecular formula is C18H23N3O2S. The van der Waals surface area contributed by atoms with E-state index in [1.165, 1.54) is 31.0 Å². The Morgan fingerprint density at radius 2 is 2.04 bits per heavy atom. The third-order valence-electron chi connectivity index (χ3n) is 4.43. The van der Waals surface area contributed by atoms with Crippen LogP contribution >= 0.6 is 11.8 Å². The third-order valence-corrected chi connectivity index (χ3v) is 5.25. The van der Waals surface area contributed by atoms with Crippen LogP contribution < -0.4 is 5.32 Å². The van der Waals surface area contributed by atoms with Gasteiger partial charge in [0, 0.05) is 6.04 Å². The molecule has 1 aromatic heterocycles. The summed E-state index contributed by atoms with van der Waals surface area (Å²) in [5.74, 6) is 1.50. The number of nitrogens with one attached hydrogen (secondary N) is 1. The monoisotopic (exact) mass is 345 g/mol. The van der Waals surface area contributed by atoms with Gasteiger partial charge in [0.25, 0.3) is 5.22 Å². The first-order chi connectivity index (χ1) is 11.7. The molecule has 1 aromatic carbocycles. The maximum Gasteiger partial charge on any atom is 0.277 e. The summed E-state index contributed by atoms with van der Waals surface area (Å²) in [7, 11) is 0. The van der Waals surface area contributed by atoms with Gasteiger partial charge in [-0.3, -0.25) is 4.79 Å². The number of carbonyl (C=O) groups excluding carboxylic acids is 1. The molecule has 6 heteroatoms. The number of aromatic nitrogens is 2. The van der Waals surface area contributed by atoms with Crippen LogP contribution in [0.15, 0.2) is 40.0 Å². The van der Waals surface area contributed by atoms with E-state index in [-0.39, 0.29) is 5.91 Å². The number of hydrogen-bond acceptors (Lipinski definition) is 5. The van der Waals surface area contributed by atoms with Crippen molar-refractivity contribution in [3.8, 4) is 0 Å². The van der Waals surface area contributed by atoms with E-state index in [0.29, 0.717) is 35.2 Å². The van der Waals surface area contributed by atoms with Gasteiger partial charge in [0.1, 0.15) is 0 Å². The Balaban J connectivity index is 1.45. The third kappa shape index (κ3) is 4.84. The molecule has 0 radical (unpaired) electrons. The van der Waals surface area contributed by atoms with Gasteiger partial charge in [-0.1, -0.05) is 61.9 Å². The number of nitrogens with zero attached hydrogens (tertiary/aromatic N) is 2. The van der Waals surface area contributed by atoms with E-state index in [1.54, 1.807) is 0 Å². The van der Waals surface area contributed by atoms with Crippen LogP contribution in [0.1, 0.15) is 44.1 Å². The standard InChI is InChI=1S/C18H23N3O2S/c1-13-7-5-6-10-15(13)19-16(22)12-24-18-21-20-17(23-18)11-14-8-3-2-4-9-14/h2-4,8-9,13,15H,5-7,10-12H2,1H3,(H,19,22). The zero-order chi connectivity index (χ0) is 16.8. The van der Waals surface area contributed by atoms with Gasteiger partial charge in [-0.2, -0.15) is 0 Å². The van der Waals surface area contributed by atoms with E-state index in [9.17, 15) is 4.79 Å². The predicted molar refractivity (Wildman–Crippen MR) is 93.8 cm³/mol. The van der Waals surface area contributed by atoms with Gasteiger partial charge in [-0.15, -0.1) is 10.2 Å². The molecule has 1 N–H and O–H groups in total. The Labute approximate surface area is 146 Å². The fourth-order valence-electron chi connectivity index (χ4n) is 3.04. The highest BCUT2D eigenvalue weighted by Gasteiger charge is 2.23. The minimum Gasteiger partial charge on any atom is -0.416 e. The Morgan fingerprint density at radius 1 is 1.25 bits per heavy atom. The Kier molecular flexibility index (Phi) is 5.91. The van der Waals surface area contributed by atoms with Crippen molar-refractivity contribution in [2.75, 3.05) is 5.75 Å². The maximum atomic E-state index is 12.1. The highest BCUT2D eigenvalue weighted by Crippen LogP contribution is 2.24. The number of hydrogen-bond donors (Lipinski definition) is 1. The van der Waals surface area contributed by atoms with Gasteiger partial charge < -0.3 is 9.73 Å². The van der Waals surface area contributed by atoms with Crippen LogP contribution in [0.3, 0.4) is 0 Å². The van der Waals surface area contributed by atoms with Gasteiger partial charge in [0.2, 0.25) is 11.8 Å². The molecule has 2 atom stereocenters. The first-order valence-electron chi connectivity index (χ1n) is 8.49. The van der Waals surface area contributed by atoms with Gasteiger partial charge in [-0.05, 0) is 24.3 Å². The molecule has 128 valence electrons. The van der Waals surface area contributed by atoms with Crippen LogP contribution in [-0.4, -0.2) is 27.9 Å². The number of rotatable bonds is 6. The second kappa shape index (κ2) is 8.33. The molecule has 1 aliphatic carbocycles. The molecule has 1 heterocycles. The van der Waals surface area contributed by atoms with E-state index < -0.39 is 0 Å². The van der Waals surface area contributed by atoms with E-state index in [0.717, 1.165) is 12.0 Å². The normalized spacial score (nSPS) is 20.7. The zero-order valence-corrected chi connectivity index (χ0v) is 14.7. The lowest BCUT2D eigenvalue weighted by molar-refractivity contribution is -0.119. The molecule has 0 aliphatic heterocycles. The van der Waals surface area contributed by atoms with Crippen LogP contribution in [0.4, 0.5) is 0 Å². The number of carbonyl (C=O) groups is 1. The average Bonchev–Trinajstić information content (AvgIpc) is 3.03. The summed E-state index contributed by atoms with van der Waals surface area (Å²) in [4.78, 5) is 12.1.